The van der Waals surface area contributed by atoms with Crippen molar-refractivity contribution in [3.8, 4) is 51.2 Å². The molecule has 480 valence electrons. The van der Waals surface area contributed by atoms with E-state index >= 15 is 0 Å². The normalized spacial score (nSPS) is 12.8. The van der Waals surface area contributed by atoms with Crippen LogP contribution in [0, 0.1) is 19.9 Å². The Kier molecular flexibility index (Phi) is 21.0. The van der Waals surface area contributed by atoms with Gasteiger partial charge in [-0.25, -0.2) is 9.97 Å². The van der Waals surface area contributed by atoms with Crippen molar-refractivity contribution in [3.63, 3.8) is 0 Å². The molecular formula is C83H109IrN6. The van der Waals surface area contributed by atoms with Crippen molar-refractivity contribution < 1.29 is 20.1 Å². The molecule has 9 rings (SSSR count). The van der Waals surface area contributed by atoms with Gasteiger partial charge in [0, 0.05) is 42.9 Å². The van der Waals surface area contributed by atoms with Gasteiger partial charge in [0.05, 0.1) is 28.8 Å². The van der Waals surface area contributed by atoms with E-state index in [1.807, 2.05) is 61.1 Å². The van der Waals surface area contributed by atoms with E-state index in [9.17, 15) is 0 Å². The topological polar surface area (TPSA) is 53.5 Å². The third-order valence-corrected chi connectivity index (χ3v) is 16.9. The molecule has 0 aliphatic heterocycles. The maximum absolute atomic E-state index is 4.76. The van der Waals surface area contributed by atoms with Crippen LogP contribution in [0.5, 0.6) is 0 Å². The van der Waals surface area contributed by atoms with Gasteiger partial charge in [0.1, 0.15) is 0 Å². The molecule has 3 aromatic heterocycles. The van der Waals surface area contributed by atoms with Gasteiger partial charge in [0.15, 0.2) is 0 Å². The standard InChI is InChI=1S/2C28H37N2.C27H35N2.Ir/c2*1-19-13-11-12-14-21(19)25-29-15-16-30(25)24-22(27(5,6)7)17-20(26(2,3)4)18-23(24)28(8,9)10;1-25(2,3)20-17-21(26(4,5)6)23(22(18-20)27(7,8)9)29-16-15-28-24(29)19-13-11-10-12-14-19;/h2*11-18H,1H2,2-10H3;10-13,15-18H,1-9H3;/q3*-1;+3. The molecule has 9 aromatic rings. The number of imidazole rings is 3. The van der Waals surface area contributed by atoms with Gasteiger partial charge in [-0.2, -0.15) is 37.1 Å². The van der Waals surface area contributed by atoms with Crippen LogP contribution < -0.4 is 0 Å². The van der Waals surface area contributed by atoms with Crippen molar-refractivity contribution in [2.75, 3.05) is 0 Å². The maximum atomic E-state index is 4.76. The van der Waals surface area contributed by atoms with Crippen molar-refractivity contribution in [2.45, 2.75) is 236 Å². The Morgan fingerprint density at radius 1 is 0.311 bits per heavy atom. The third-order valence-electron chi connectivity index (χ3n) is 16.9. The first-order valence-electron chi connectivity index (χ1n) is 32.2. The van der Waals surface area contributed by atoms with E-state index < -0.39 is 0 Å². The van der Waals surface area contributed by atoms with Crippen molar-refractivity contribution >= 4 is 0 Å². The monoisotopic (exact) mass is 1380 g/mol. The van der Waals surface area contributed by atoms with Crippen LogP contribution in [0.2, 0.25) is 0 Å². The summed E-state index contributed by atoms with van der Waals surface area (Å²) in [4.78, 5) is 14.2. The van der Waals surface area contributed by atoms with Gasteiger partial charge in [-0.1, -0.05) is 247 Å². The van der Waals surface area contributed by atoms with E-state index in [0.29, 0.717) is 0 Å². The molecule has 0 fully saturated rings. The number of hydrogen-bond donors (Lipinski definition) is 0. The molecule has 0 radical (unpaired) electrons. The third kappa shape index (κ3) is 16.3. The van der Waals surface area contributed by atoms with Gasteiger partial charge in [-0.3, -0.25) is 4.98 Å². The fourth-order valence-electron chi connectivity index (χ4n) is 11.5. The molecule has 3 heterocycles. The zero-order chi connectivity index (χ0) is 66.6. The van der Waals surface area contributed by atoms with Gasteiger partial charge in [0.2, 0.25) is 0 Å². The van der Waals surface area contributed by atoms with Crippen LogP contribution in [0.25, 0.3) is 51.2 Å². The van der Waals surface area contributed by atoms with Crippen LogP contribution in [0.3, 0.4) is 0 Å². The summed E-state index contributed by atoms with van der Waals surface area (Å²) >= 11 is 0. The first-order chi connectivity index (χ1) is 40.7. The Morgan fingerprint density at radius 3 is 0.789 bits per heavy atom. The Morgan fingerprint density at radius 2 is 0.556 bits per heavy atom. The quantitative estimate of drug-likeness (QED) is 0.156. The summed E-state index contributed by atoms with van der Waals surface area (Å²) in [5.74, 6) is 2.82. The molecule has 0 saturated heterocycles. The Balaban J connectivity index is 0.000000214. The Labute approximate surface area is 559 Å². The molecule has 0 aliphatic carbocycles. The minimum atomic E-state index is -0.0118. The van der Waals surface area contributed by atoms with Crippen LogP contribution in [0.4, 0.5) is 0 Å². The molecule has 90 heavy (non-hydrogen) atoms. The number of nitrogens with zero attached hydrogens (tertiary/aromatic N) is 6. The summed E-state index contributed by atoms with van der Waals surface area (Å²) < 4.78 is 6.81. The maximum Gasteiger partial charge on any atom is 3.00 e. The molecule has 0 bridgehead atoms. The second kappa shape index (κ2) is 26.1. The van der Waals surface area contributed by atoms with E-state index in [2.05, 4.69) is 306 Å². The predicted octanol–water partition coefficient (Wildman–Crippen LogP) is 22.5. The van der Waals surface area contributed by atoms with Gasteiger partial charge in [0.25, 0.3) is 0 Å². The number of benzene rings is 6. The van der Waals surface area contributed by atoms with Crippen LogP contribution in [-0.2, 0) is 68.8 Å². The minimum absolute atomic E-state index is 0. The first-order valence-corrected chi connectivity index (χ1v) is 32.2. The zero-order valence-corrected chi connectivity index (χ0v) is 62.7. The molecule has 7 heteroatoms. The van der Waals surface area contributed by atoms with Crippen LogP contribution in [0.1, 0.15) is 248 Å². The van der Waals surface area contributed by atoms with Gasteiger partial charge < -0.3 is 13.7 Å². The van der Waals surface area contributed by atoms with E-state index in [0.717, 1.165) is 45.3 Å². The number of rotatable bonds is 6. The Bertz CT molecular complexity index is 3630. The van der Waals surface area contributed by atoms with Crippen molar-refractivity contribution in [1.29, 1.82) is 0 Å². The largest absolute Gasteiger partial charge is 3.00 e. The Hall–Kier alpha value is -6.66. The average molecular weight is 1380 g/mol. The molecule has 0 unspecified atom stereocenters. The molecule has 0 amide bonds. The zero-order valence-electron chi connectivity index (χ0n) is 60.3. The van der Waals surface area contributed by atoms with Crippen LogP contribution in [-0.4, -0.2) is 28.7 Å². The fraction of sp³-hybridized carbons (Fsp3) is 0.434. The second-order valence-corrected chi connectivity index (χ2v) is 34.0. The molecule has 0 spiro atoms. The second-order valence-electron chi connectivity index (χ2n) is 34.0. The van der Waals surface area contributed by atoms with Crippen LogP contribution >= 0.6 is 0 Å². The van der Waals surface area contributed by atoms with Crippen LogP contribution in [0.15, 0.2) is 146 Å². The van der Waals surface area contributed by atoms with E-state index in [-0.39, 0.29) is 68.8 Å². The van der Waals surface area contributed by atoms with E-state index in [1.165, 1.54) is 67.1 Å². The summed E-state index contributed by atoms with van der Waals surface area (Å²) in [6, 6.07) is 42.3. The van der Waals surface area contributed by atoms with Gasteiger partial charge in [-0.05, 0) is 98.8 Å². The van der Waals surface area contributed by atoms with Gasteiger partial charge >= 0.3 is 20.1 Å². The average Bonchev–Trinajstić information content (AvgIpc) is 1.25. The van der Waals surface area contributed by atoms with Crippen molar-refractivity contribution in [1.82, 2.24) is 28.7 Å². The molecule has 6 aromatic carbocycles. The molecule has 0 saturated carbocycles. The summed E-state index contributed by atoms with van der Waals surface area (Å²) in [7, 11) is 0. The molecule has 0 N–H and O–H groups in total. The molecular weight excluding hydrogens is 1270 g/mol. The number of aromatic nitrogens is 6. The SMILES string of the molecule is CC(C)(C)c1cc(C(C)(C)C)c(-n2ccnc2-c2[c-]cccc2)c(C(C)(C)C)c1.[CH2-]c1ccccc1-c1nccn1-c1c(C(C)(C)C)cc(C(C)(C)C)cc1C(C)(C)C.[CH2-]c1ccccc1-c1nccn1-c1c(C(C)(C)C)cc(C(C)(C)C)cc1C(C)(C)C.[Ir+3]. The summed E-state index contributed by atoms with van der Waals surface area (Å²) in [6.45, 7) is 70.6. The van der Waals surface area contributed by atoms with Crippen molar-refractivity contribution in [3.05, 3.63) is 227 Å². The summed E-state index contributed by atoms with van der Waals surface area (Å²) in [6.07, 6.45) is 12.0. The van der Waals surface area contributed by atoms with E-state index in [1.54, 1.807) is 0 Å². The first kappa shape index (κ1) is 72.4. The minimum Gasteiger partial charge on any atom is -0.339 e. The molecule has 0 aliphatic rings. The smallest absolute Gasteiger partial charge is 0.339 e. The predicted molar refractivity (Wildman–Crippen MR) is 383 cm³/mol. The molecule has 6 nitrogen and oxygen atoms in total. The fourth-order valence-corrected chi connectivity index (χ4v) is 11.5. The number of hydrogen-bond acceptors (Lipinski definition) is 3. The summed E-state index contributed by atoms with van der Waals surface area (Å²) in [5.41, 5.74) is 21.3. The molecule has 0 atom stereocenters. The van der Waals surface area contributed by atoms with E-state index in [4.69, 9.17) is 15.0 Å². The van der Waals surface area contributed by atoms with Crippen molar-refractivity contribution in [2.24, 2.45) is 0 Å². The summed E-state index contributed by atoms with van der Waals surface area (Å²) in [5, 5.41) is 0. The van der Waals surface area contributed by atoms with Gasteiger partial charge in [-0.15, -0.1) is 60.2 Å².